The van der Waals surface area contributed by atoms with Crippen molar-refractivity contribution in [3.8, 4) is 0 Å². The smallest absolute Gasteiger partial charge is 0.207 e. The van der Waals surface area contributed by atoms with Gasteiger partial charge in [0.15, 0.2) is 0 Å². The van der Waals surface area contributed by atoms with Gasteiger partial charge in [0.2, 0.25) is 10.0 Å². The number of hydrogen-bond acceptors (Lipinski definition) is 2. The summed E-state index contributed by atoms with van der Waals surface area (Å²) in [5.74, 6) is 0.379. The molecule has 19 heavy (non-hydrogen) atoms. The van der Waals surface area contributed by atoms with E-state index in [1.807, 2.05) is 12.1 Å². The summed E-state index contributed by atoms with van der Waals surface area (Å²) >= 11 is 5.88. The van der Waals surface area contributed by atoms with Crippen LogP contribution in [0.4, 0.5) is 0 Å². The zero-order valence-electron chi connectivity index (χ0n) is 10.8. The van der Waals surface area contributed by atoms with E-state index in [9.17, 15) is 8.42 Å². The molecule has 0 spiro atoms. The molecule has 1 aliphatic heterocycles. The fraction of sp³-hybridized carbons (Fsp3) is 0.571. The lowest BCUT2D eigenvalue weighted by Gasteiger charge is -2.22. The molecule has 1 aromatic carbocycles. The second-order valence-electron chi connectivity index (χ2n) is 5.35. The third kappa shape index (κ3) is 2.30. The molecule has 1 unspecified atom stereocenters. The van der Waals surface area contributed by atoms with Crippen LogP contribution in [0, 0.1) is 0 Å². The van der Waals surface area contributed by atoms with Crippen molar-refractivity contribution in [2.75, 3.05) is 12.4 Å². The van der Waals surface area contributed by atoms with E-state index in [1.54, 1.807) is 10.4 Å². The van der Waals surface area contributed by atoms with Gasteiger partial charge in [-0.05, 0) is 55.4 Å². The van der Waals surface area contributed by atoms with Gasteiger partial charge in [-0.15, -0.1) is 11.6 Å². The second kappa shape index (κ2) is 5.08. The van der Waals surface area contributed by atoms with Crippen molar-refractivity contribution in [1.82, 2.24) is 4.31 Å². The highest BCUT2D eigenvalue weighted by Gasteiger charge is 2.35. The molecule has 2 aliphatic rings. The Morgan fingerprint density at radius 1 is 1.21 bits per heavy atom. The van der Waals surface area contributed by atoms with Gasteiger partial charge in [0, 0.05) is 18.5 Å². The van der Waals surface area contributed by atoms with Crippen LogP contribution in [-0.4, -0.2) is 31.2 Å². The summed E-state index contributed by atoms with van der Waals surface area (Å²) in [5, 5.41) is 0. The molecule has 0 bridgehead atoms. The van der Waals surface area contributed by atoms with Gasteiger partial charge in [-0.2, -0.15) is 4.31 Å². The van der Waals surface area contributed by atoms with Crippen molar-refractivity contribution in [3.63, 3.8) is 0 Å². The molecule has 0 saturated carbocycles. The molecular weight excluding hydrogens is 282 g/mol. The minimum Gasteiger partial charge on any atom is -0.207 e. The molecule has 0 amide bonds. The lowest BCUT2D eigenvalue weighted by atomic mass is 10.1. The molecule has 104 valence electrons. The number of hydrogen-bond donors (Lipinski definition) is 0. The van der Waals surface area contributed by atoms with Crippen molar-refractivity contribution < 1.29 is 8.42 Å². The molecule has 1 aromatic rings. The number of halogens is 1. The third-order valence-corrected chi connectivity index (χ3v) is 6.48. The van der Waals surface area contributed by atoms with Crippen LogP contribution in [0.1, 0.15) is 30.4 Å². The van der Waals surface area contributed by atoms with Gasteiger partial charge in [0.25, 0.3) is 0 Å². The van der Waals surface area contributed by atoms with Crippen molar-refractivity contribution in [2.45, 2.75) is 43.0 Å². The van der Waals surface area contributed by atoms with E-state index in [4.69, 9.17) is 11.6 Å². The zero-order chi connectivity index (χ0) is 13.5. The van der Waals surface area contributed by atoms with E-state index in [2.05, 4.69) is 0 Å². The van der Waals surface area contributed by atoms with Crippen molar-refractivity contribution in [3.05, 3.63) is 29.3 Å². The topological polar surface area (TPSA) is 37.4 Å². The first-order valence-corrected chi connectivity index (χ1v) is 8.80. The maximum Gasteiger partial charge on any atom is 0.243 e. The van der Waals surface area contributed by atoms with Gasteiger partial charge in [0.05, 0.1) is 4.90 Å². The largest absolute Gasteiger partial charge is 0.243 e. The molecule has 3 nitrogen and oxygen atoms in total. The zero-order valence-corrected chi connectivity index (χ0v) is 12.4. The van der Waals surface area contributed by atoms with Crippen molar-refractivity contribution in [1.29, 1.82) is 0 Å². The number of sulfonamides is 1. The highest BCUT2D eigenvalue weighted by Crippen LogP contribution is 2.30. The third-order valence-electron chi connectivity index (χ3n) is 4.18. The van der Waals surface area contributed by atoms with Crippen LogP contribution in [0.3, 0.4) is 0 Å². The van der Waals surface area contributed by atoms with Gasteiger partial charge >= 0.3 is 0 Å². The molecule has 0 radical (unpaired) electrons. The first-order chi connectivity index (χ1) is 9.13. The number of rotatable bonds is 3. The maximum atomic E-state index is 12.7. The number of benzene rings is 1. The molecular formula is C14H18ClNO2S. The van der Waals surface area contributed by atoms with Crippen LogP contribution in [0.5, 0.6) is 0 Å². The average molecular weight is 300 g/mol. The maximum absolute atomic E-state index is 12.7. The Labute approximate surface area is 119 Å². The molecule has 3 rings (SSSR count). The number of aryl methyl sites for hydroxylation is 2. The van der Waals surface area contributed by atoms with Gasteiger partial charge in [-0.3, -0.25) is 0 Å². The summed E-state index contributed by atoms with van der Waals surface area (Å²) < 4.78 is 26.9. The van der Waals surface area contributed by atoms with E-state index in [0.29, 0.717) is 17.3 Å². The summed E-state index contributed by atoms with van der Waals surface area (Å²) in [7, 11) is -3.37. The highest BCUT2D eigenvalue weighted by molar-refractivity contribution is 7.89. The molecule has 5 heteroatoms. The first kappa shape index (κ1) is 13.4. The first-order valence-electron chi connectivity index (χ1n) is 6.82. The lowest BCUT2D eigenvalue weighted by Crippen LogP contribution is -2.36. The number of alkyl halides is 1. The minimum atomic E-state index is -3.37. The number of fused-ring (bicyclic) bond motifs is 1. The quantitative estimate of drug-likeness (QED) is 0.805. The second-order valence-corrected chi connectivity index (χ2v) is 7.55. The Morgan fingerprint density at radius 2 is 2.00 bits per heavy atom. The SMILES string of the molecule is O=S(=O)(c1ccc2c(c1)CCC2)N1CCCC1CCl. The standard InChI is InChI=1S/C14H18ClNO2S/c15-10-13-5-2-8-16(13)19(17,18)14-7-6-11-3-1-4-12(11)9-14/h6-7,9,13H,1-5,8,10H2. The number of nitrogens with zero attached hydrogens (tertiary/aromatic N) is 1. The molecule has 1 fully saturated rings. The summed E-state index contributed by atoms with van der Waals surface area (Å²) in [4.78, 5) is 0.435. The van der Waals surface area contributed by atoms with Crippen LogP contribution in [0.25, 0.3) is 0 Å². The summed E-state index contributed by atoms with van der Waals surface area (Å²) in [5.41, 5.74) is 2.50. The van der Waals surface area contributed by atoms with Gasteiger partial charge in [0.1, 0.15) is 0 Å². The van der Waals surface area contributed by atoms with Gasteiger partial charge in [-0.1, -0.05) is 6.07 Å². The van der Waals surface area contributed by atoms with Crippen LogP contribution in [0.2, 0.25) is 0 Å². The lowest BCUT2D eigenvalue weighted by molar-refractivity contribution is 0.411. The van der Waals surface area contributed by atoms with E-state index < -0.39 is 10.0 Å². The predicted molar refractivity (Wildman–Crippen MR) is 76.1 cm³/mol. The Balaban J connectivity index is 1.96. The van der Waals surface area contributed by atoms with Gasteiger partial charge in [-0.25, -0.2) is 8.42 Å². The average Bonchev–Trinajstić information content (AvgIpc) is 3.06. The van der Waals surface area contributed by atoms with Gasteiger partial charge < -0.3 is 0 Å². The van der Waals surface area contributed by atoms with Crippen LogP contribution < -0.4 is 0 Å². The molecule has 0 aromatic heterocycles. The molecule has 1 atom stereocenters. The van der Waals surface area contributed by atoms with Crippen molar-refractivity contribution >= 4 is 21.6 Å². The summed E-state index contributed by atoms with van der Waals surface area (Å²) in [6, 6.07) is 5.55. The molecule has 0 N–H and O–H groups in total. The molecule has 1 aliphatic carbocycles. The van der Waals surface area contributed by atoms with Crippen LogP contribution >= 0.6 is 11.6 Å². The minimum absolute atomic E-state index is 0.0417. The van der Waals surface area contributed by atoms with E-state index in [1.165, 1.54) is 11.1 Å². The van der Waals surface area contributed by atoms with E-state index >= 15 is 0 Å². The predicted octanol–water partition coefficient (Wildman–Crippen LogP) is 2.57. The van der Waals surface area contributed by atoms with Crippen LogP contribution in [-0.2, 0) is 22.9 Å². The monoisotopic (exact) mass is 299 g/mol. The molecule has 1 heterocycles. The van der Waals surface area contributed by atoms with E-state index in [-0.39, 0.29) is 6.04 Å². The Bertz CT molecular complexity index is 585. The Morgan fingerprint density at radius 3 is 2.79 bits per heavy atom. The summed E-state index contributed by atoms with van der Waals surface area (Å²) in [6.07, 6.45) is 4.98. The van der Waals surface area contributed by atoms with Crippen LogP contribution in [0.15, 0.2) is 23.1 Å². The molecule has 1 saturated heterocycles. The Hall–Kier alpha value is -0.580. The normalized spacial score (nSPS) is 23.7. The van der Waals surface area contributed by atoms with E-state index in [0.717, 1.165) is 32.1 Å². The summed E-state index contributed by atoms with van der Waals surface area (Å²) in [6.45, 7) is 0.594. The fourth-order valence-corrected chi connectivity index (χ4v) is 5.27. The highest BCUT2D eigenvalue weighted by atomic mass is 35.5. The fourth-order valence-electron chi connectivity index (χ4n) is 3.12. The Kier molecular flexibility index (Phi) is 3.58. The van der Waals surface area contributed by atoms with Crippen molar-refractivity contribution in [2.24, 2.45) is 0 Å².